The van der Waals surface area contributed by atoms with Crippen molar-refractivity contribution in [3.05, 3.63) is 48.5 Å². The van der Waals surface area contributed by atoms with Crippen LogP contribution in [0.25, 0.3) is 0 Å². The highest BCUT2D eigenvalue weighted by Gasteiger charge is 2.10. The van der Waals surface area contributed by atoms with E-state index in [-0.39, 0.29) is 6.03 Å². The van der Waals surface area contributed by atoms with Crippen LogP contribution in [0.4, 0.5) is 4.79 Å². The van der Waals surface area contributed by atoms with E-state index in [0.717, 1.165) is 11.3 Å². The lowest BCUT2D eigenvalue weighted by atomic mass is 10.2. The summed E-state index contributed by atoms with van der Waals surface area (Å²) in [5.41, 5.74) is 1.02. The van der Waals surface area contributed by atoms with Gasteiger partial charge in [-0.1, -0.05) is 12.1 Å². The van der Waals surface area contributed by atoms with E-state index in [2.05, 4.69) is 4.98 Å². The van der Waals surface area contributed by atoms with Gasteiger partial charge < -0.3 is 9.64 Å². The number of aromatic nitrogens is 2. The molecule has 0 aliphatic carbocycles. The number of ether oxygens (including phenoxy) is 1. The molecule has 0 radical (unpaired) electrons. The second kappa shape index (κ2) is 5.35. The lowest BCUT2D eigenvalue weighted by molar-refractivity contribution is 0.208. The maximum absolute atomic E-state index is 12.0. The van der Waals surface area contributed by atoms with E-state index in [9.17, 15) is 4.79 Å². The highest BCUT2D eigenvalue weighted by atomic mass is 16.5. The van der Waals surface area contributed by atoms with Crippen molar-refractivity contribution < 1.29 is 9.53 Å². The van der Waals surface area contributed by atoms with Gasteiger partial charge in [-0.3, -0.25) is 4.57 Å². The van der Waals surface area contributed by atoms with Crippen molar-refractivity contribution >= 4 is 6.03 Å². The molecule has 2 aromatic rings. The number of carbonyl (C=O) groups excluding carboxylic acids is 1. The first-order valence-electron chi connectivity index (χ1n) is 5.57. The Kier molecular flexibility index (Phi) is 3.62. The third kappa shape index (κ3) is 2.68. The average Bonchev–Trinajstić information content (AvgIpc) is 2.92. The number of hydrogen-bond donors (Lipinski definition) is 0. The van der Waals surface area contributed by atoms with Gasteiger partial charge >= 0.3 is 6.03 Å². The second-order valence-electron chi connectivity index (χ2n) is 3.96. The summed E-state index contributed by atoms with van der Waals surface area (Å²) in [6.07, 6.45) is 4.70. The zero-order valence-electron chi connectivity index (χ0n) is 10.4. The Morgan fingerprint density at radius 3 is 3.00 bits per heavy atom. The molecule has 0 bridgehead atoms. The Labute approximate surface area is 106 Å². The molecule has 0 fully saturated rings. The Bertz CT molecular complexity index is 523. The van der Waals surface area contributed by atoms with Crippen LogP contribution < -0.4 is 4.74 Å². The molecule has 1 amide bonds. The zero-order valence-corrected chi connectivity index (χ0v) is 10.4. The topological polar surface area (TPSA) is 47.4 Å². The van der Waals surface area contributed by atoms with Gasteiger partial charge in [0.05, 0.1) is 7.11 Å². The van der Waals surface area contributed by atoms with Crippen molar-refractivity contribution in [1.29, 1.82) is 0 Å². The third-order valence-electron chi connectivity index (χ3n) is 2.61. The standard InChI is InChI=1S/C13H15N3O2/c1-15(13(17)16-7-6-14-10-16)9-11-4-3-5-12(8-11)18-2/h3-8,10H,9H2,1-2H3. The second-order valence-corrected chi connectivity index (χ2v) is 3.96. The molecule has 1 aromatic carbocycles. The Morgan fingerprint density at radius 1 is 1.50 bits per heavy atom. The van der Waals surface area contributed by atoms with Gasteiger partial charge in [-0.2, -0.15) is 0 Å². The van der Waals surface area contributed by atoms with Gasteiger partial charge in [-0.25, -0.2) is 9.78 Å². The Balaban J connectivity index is 2.06. The smallest absolute Gasteiger partial charge is 0.329 e. The molecule has 0 aliphatic heterocycles. The fourth-order valence-corrected chi connectivity index (χ4v) is 1.68. The first-order chi connectivity index (χ1) is 8.70. The molecule has 0 aliphatic rings. The minimum absolute atomic E-state index is 0.115. The fraction of sp³-hybridized carbons (Fsp3) is 0.231. The number of benzene rings is 1. The summed E-state index contributed by atoms with van der Waals surface area (Å²) < 4.78 is 6.60. The molecular formula is C13H15N3O2. The molecule has 18 heavy (non-hydrogen) atoms. The molecule has 0 unspecified atom stereocenters. The molecule has 5 heteroatoms. The number of rotatable bonds is 3. The van der Waals surface area contributed by atoms with Gasteiger partial charge in [-0.15, -0.1) is 0 Å². The minimum Gasteiger partial charge on any atom is -0.497 e. The third-order valence-corrected chi connectivity index (χ3v) is 2.61. The molecular weight excluding hydrogens is 230 g/mol. The van der Waals surface area contributed by atoms with Crippen LogP contribution in [0.15, 0.2) is 43.0 Å². The SMILES string of the molecule is COc1cccc(CN(C)C(=O)n2ccnc2)c1. The lowest BCUT2D eigenvalue weighted by Crippen LogP contribution is -2.29. The van der Waals surface area contributed by atoms with Gasteiger partial charge in [0.2, 0.25) is 0 Å². The van der Waals surface area contributed by atoms with Crippen LogP contribution in [-0.2, 0) is 6.54 Å². The summed E-state index contributed by atoms with van der Waals surface area (Å²) in [7, 11) is 3.38. The molecule has 94 valence electrons. The number of carbonyl (C=O) groups is 1. The molecule has 0 saturated heterocycles. The van der Waals surface area contributed by atoms with Crippen molar-refractivity contribution in [2.24, 2.45) is 0 Å². The van der Waals surface area contributed by atoms with Gasteiger partial charge in [0.25, 0.3) is 0 Å². The van der Waals surface area contributed by atoms with Crippen molar-refractivity contribution in [2.45, 2.75) is 6.54 Å². The number of imidazole rings is 1. The van der Waals surface area contributed by atoms with E-state index in [1.54, 1.807) is 31.5 Å². The number of nitrogens with zero attached hydrogens (tertiary/aromatic N) is 3. The van der Waals surface area contributed by atoms with Crippen LogP contribution in [0.3, 0.4) is 0 Å². The average molecular weight is 245 g/mol. The summed E-state index contributed by atoms with van der Waals surface area (Å²) in [5, 5.41) is 0. The van der Waals surface area contributed by atoms with Crippen LogP contribution in [0.1, 0.15) is 5.56 Å². The van der Waals surface area contributed by atoms with E-state index >= 15 is 0 Å². The highest BCUT2D eigenvalue weighted by molar-refractivity contribution is 5.76. The van der Waals surface area contributed by atoms with E-state index < -0.39 is 0 Å². The molecule has 1 aromatic heterocycles. The highest BCUT2D eigenvalue weighted by Crippen LogP contribution is 2.14. The lowest BCUT2D eigenvalue weighted by Gasteiger charge is -2.17. The van der Waals surface area contributed by atoms with Crippen LogP contribution in [0.2, 0.25) is 0 Å². The normalized spacial score (nSPS) is 10.1. The fourth-order valence-electron chi connectivity index (χ4n) is 1.68. The van der Waals surface area contributed by atoms with Crippen LogP contribution in [0, 0.1) is 0 Å². The van der Waals surface area contributed by atoms with E-state index in [1.807, 2.05) is 24.3 Å². The monoisotopic (exact) mass is 245 g/mol. The zero-order chi connectivity index (χ0) is 13.0. The maximum Gasteiger partial charge on any atom is 0.329 e. The van der Waals surface area contributed by atoms with Crippen molar-refractivity contribution in [3.8, 4) is 5.75 Å². The molecule has 0 N–H and O–H groups in total. The predicted molar refractivity (Wildman–Crippen MR) is 67.5 cm³/mol. The molecule has 0 saturated carbocycles. The van der Waals surface area contributed by atoms with Crippen LogP contribution in [-0.4, -0.2) is 34.6 Å². The summed E-state index contributed by atoms with van der Waals surface area (Å²) in [6.45, 7) is 0.522. The molecule has 1 heterocycles. The molecule has 0 atom stereocenters. The first-order valence-corrected chi connectivity index (χ1v) is 5.57. The molecule has 5 nitrogen and oxygen atoms in total. The van der Waals surface area contributed by atoms with Crippen LogP contribution in [0.5, 0.6) is 5.75 Å². The van der Waals surface area contributed by atoms with Crippen molar-refractivity contribution in [3.63, 3.8) is 0 Å². The maximum atomic E-state index is 12.0. The number of methoxy groups -OCH3 is 1. The largest absolute Gasteiger partial charge is 0.497 e. The van der Waals surface area contributed by atoms with E-state index in [0.29, 0.717) is 6.54 Å². The Morgan fingerprint density at radius 2 is 2.33 bits per heavy atom. The Hall–Kier alpha value is -2.30. The van der Waals surface area contributed by atoms with Gasteiger partial charge in [0.1, 0.15) is 12.1 Å². The molecule has 0 spiro atoms. The first kappa shape index (κ1) is 12.2. The van der Waals surface area contributed by atoms with Gasteiger partial charge in [-0.05, 0) is 17.7 Å². The number of amides is 1. The summed E-state index contributed by atoms with van der Waals surface area (Å²) in [6, 6.07) is 7.54. The van der Waals surface area contributed by atoms with Crippen molar-refractivity contribution in [2.75, 3.05) is 14.2 Å². The quantitative estimate of drug-likeness (QED) is 0.830. The summed E-state index contributed by atoms with van der Waals surface area (Å²) >= 11 is 0. The summed E-state index contributed by atoms with van der Waals surface area (Å²) in [4.78, 5) is 17.5. The minimum atomic E-state index is -0.115. The summed E-state index contributed by atoms with van der Waals surface area (Å²) in [5.74, 6) is 0.788. The van der Waals surface area contributed by atoms with Crippen LogP contribution >= 0.6 is 0 Å². The van der Waals surface area contributed by atoms with E-state index in [4.69, 9.17) is 4.74 Å². The molecule has 2 rings (SSSR count). The predicted octanol–water partition coefficient (Wildman–Crippen LogP) is 1.99. The van der Waals surface area contributed by atoms with E-state index in [1.165, 1.54) is 10.9 Å². The number of hydrogen-bond acceptors (Lipinski definition) is 3. The van der Waals surface area contributed by atoms with Crippen molar-refractivity contribution in [1.82, 2.24) is 14.5 Å². The van der Waals surface area contributed by atoms with Gasteiger partial charge in [0, 0.05) is 26.0 Å². The van der Waals surface area contributed by atoms with Gasteiger partial charge in [0.15, 0.2) is 0 Å².